The molecule has 0 unspecified atom stereocenters. The Kier molecular flexibility index (Phi) is 3.50. The molecule has 0 radical (unpaired) electrons. The average molecular weight is 314 g/mol. The predicted molar refractivity (Wildman–Crippen MR) is 86.4 cm³/mol. The van der Waals surface area contributed by atoms with Gasteiger partial charge in [0, 0.05) is 24.4 Å². The van der Waals surface area contributed by atoms with Crippen molar-refractivity contribution in [2.45, 2.75) is 25.5 Å². The highest BCUT2D eigenvalue weighted by Crippen LogP contribution is 2.28. The fourth-order valence-corrected chi connectivity index (χ4v) is 3.99. The monoisotopic (exact) mass is 314 g/mol. The maximum atomic E-state index is 12.3. The number of thiophene rings is 1. The molecule has 0 spiro atoms. The predicted octanol–water partition coefficient (Wildman–Crippen LogP) is 2.82. The summed E-state index contributed by atoms with van der Waals surface area (Å²) in [5.41, 5.74) is 2.51. The lowest BCUT2D eigenvalue weighted by Gasteiger charge is -2.27. The van der Waals surface area contributed by atoms with Crippen LogP contribution in [0, 0.1) is 0 Å². The van der Waals surface area contributed by atoms with Gasteiger partial charge in [-0.15, -0.1) is 11.3 Å². The van der Waals surface area contributed by atoms with Crippen molar-refractivity contribution in [3.8, 4) is 5.75 Å². The minimum Gasteiger partial charge on any atom is -0.488 e. The van der Waals surface area contributed by atoms with Crippen LogP contribution in [0.15, 0.2) is 35.7 Å². The molecule has 0 fully saturated rings. The number of nitrogens with one attached hydrogen (secondary N) is 1. The lowest BCUT2D eigenvalue weighted by Crippen LogP contribution is -2.45. The molecular formula is C17H18N2O2S. The molecule has 0 bridgehead atoms. The van der Waals surface area contributed by atoms with Gasteiger partial charge in [0.25, 0.3) is 0 Å². The van der Waals surface area contributed by atoms with E-state index in [1.165, 1.54) is 16.0 Å². The summed E-state index contributed by atoms with van der Waals surface area (Å²) in [5, 5.41) is 5.12. The van der Waals surface area contributed by atoms with Crippen molar-refractivity contribution in [1.29, 1.82) is 0 Å². The average Bonchev–Trinajstić information content (AvgIpc) is 3.17. The number of nitrogens with zero attached hydrogens (tertiary/aromatic N) is 1. The zero-order chi connectivity index (χ0) is 14.9. The van der Waals surface area contributed by atoms with Crippen molar-refractivity contribution in [3.63, 3.8) is 0 Å². The maximum Gasteiger partial charge on any atom is 0.317 e. The van der Waals surface area contributed by atoms with Gasteiger partial charge in [-0.25, -0.2) is 4.79 Å². The van der Waals surface area contributed by atoms with Crippen LogP contribution in [0.25, 0.3) is 0 Å². The second-order valence-corrected chi connectivity index (χ2v) is 6.78. The third-order valence-corrected chi connectivity index (χ3v) is 5.31. The fourth-order valence-electron chi connectivity index (χ4n) is 3.10. The Morgan fingerprint density at radius 2 is 2.23 bits per heavy atom. The summed E-state index contributed by atoms with van der Waals surface area (Å²) < 4.78 is 5.86. The van der Waals surface area contributed by atoms with Gasteiger partial charge in [0.15, 0.2) is 0 Å². The number of hydrogen-bond donors (Lipinski definition) is 1. The topological polar surface area (TPSA) is 41.6 Å². The summed E-state index contributed by atoms with van der Waals surface area (Å²) in [6.45, 7) is 2.07. The second-order valence-electron chi connectivity index (χ2n) is 5.78. The van der Waals surface area contributed by atoms with E-state index >= 15 is 0 Å². The molecule has 0 saturated heterocycles. The normalized spacial score (nSPS) is 19.3. The second kappa shape index (κ2) is 5.65. The molecule has 22 heavy (non-hydrogen) atoms. The number of carbonyl (C=O) groups is 1. The van der Waals surface area contributed by atoms with Crippen LogP contribution in [0.5, 0.6) is 5.75 Å². The molecule has 4 nitrogen and oxygen atoms in total. The van der Waals surface area contributed by atoms with Crippen molar-refractivity contribution < 1.29 is 9.53 Å². The van der Waals surface area contributed by atoms with Crippen LogP contribution in [-0.2, 0) is 19.4 Å². The minimum absolute atomic E-state index is 0.0106. The SMILES string of the molecule is O=C(NC[C@H]1Cc2ccccc2O1)N1CCc2sccc2C1. The largest absolute Gasteiger partial charge is 0.488 e. The van der Waals surface area contributed by atoms with Crippen LogP contribution < -0.4 is 10.1 Å². The first-order valence-electron chi connectivity index (χ1n) is 7.62. The molecule has 2 aromatic rings. The number of amides is 2. The highest BCUT2D eigenvalue weighted by molar-refractivity contribution is 7.10. The molecule has 114 valence electrons. The molecule has 0 saturated carbocycles. The van der Waals surface area contributed by atoms with Crippen molar-refractivity contribution in [2.75, 3.05) is 13.1 Å². The number of fused-ring (bicyclic) bond motifs is 2. The zero-order valence-electron chi connectivity index (χ0n) is 12.2. The molecule has 4 rings (SSSR count). The quantitative estimate of drug-likeness (QED) is 0.926. The van der Waals surface area contributed by atoms with Gasteiger partial charge in [-0.3, -0.25) is 0 Å². The minimum atomic E-state index is 0.0106. The molecule has 5 heteroatoms. The Labute approximate surface area is 133 Å². The summed E-state index contributed by atoms with van der Waals surface area (Å²) in [6.07, 6.45) is 1.87. The van der Waals surface area contributed by atoms with Crippen LogP contribution in [0.1, 0.15) is 16.0 Å². The summed E-state index contributed by atoms with van der Waals surface area (Å²) in [4.78, 5) is 15.6. The number of carbonyl (C=O) groups excluding carboxylic acids is 1. The highest BCUT2D eigenvalue weighted by Gasteiger charge is 2.25. The van der Waals surface area contributed by atoms with Gasteiger partial charge < -0.3 is 15.0 Å². The first kappa shape index (κ1) is 13.6. The molecule has 2 aliphatic heterocycles. The molecule has 1 aromatic heterocycles. The van der Waals surface area contributed by atoms with Crippen molar-refractivity contribution in [1.82, 2.24) is 10.2 Å². The van der Waals surface area contributed by atoms with E-state index in [0.29, 0.717) is 6.54 Å². The van der Waals surface area contributed by atoms with Crippen LogP contribution in [0.4, 0.5) is 4.79 Å². The molecule has 2 aliphatic rings. The third kappa shape index (κ3) is 2.57. The van der Waals surface area contributed by atoms with E-state index in [2.05, 4.69) is 22.8 Å². The summed E-state index contributed by atoms with van der Waals surface area (Å²) >= 11 is 1.79. The van der Waals surface area contributed by atoms with Gasteiger partial charge in [0.05, 0.1) is 6.54 Å². The number of ether oxygens (including phenoxy) is 1. The van der Waals surface area contributed by atoms with E-state index in [1.54, 1.807) is 11.3 Å². The van der Waals surface area contributed by atoms with E-state index < -0.39 is 0 Å². The van der Waals surface area contributed by atoms with Gasteiger partial charge in [-0.05, 0) is 35.1 Å². The number of hydrogen-bond acceptors (Lipinski definition) is 3. The summed E-state index contributed by atoms with van der Waals surface area (Å²) in [7, 11) is 0. The molecule has 3 heterocycles. The molecular weight excluding hydrogens is 296 g/mol. The molecule has 1 N–H and O–H groups in total. The van der Waals surface area contributed by atoms with Gasteiger partial charge in [0.2, 0.25) is 0 Å². The molecule has 0 aliphatic carbocycles. The highest BCUT2D eigenvalue weighted by atomic mass is 32.1. The first-order valence-corrected chi connectivity index (χ1v) is 8.50. The Morgan fingerprint density at radius 3 is 3.14 bits per heavy atom. The summed E-state index contributed by atoms with van der Waals surface area (Å²) in [5.74, 6) is 0.947. The van der Waals surface area contributed by atoms with E-state index in [9.17, 15) is 4.79 Å². The van der Waals surface area contributed by atoms with Gasteiger partial charge in [0.1, 0.15) is 11.9 Å². The number of benzene rings is 1. The van der Waals surface area contributed by atoms with Crippen molar-refractivity contribution >= 4 is 17.4 Å². The Bertz CT molecular complexity index is 672. The van der Waals surface area contributed by atoms with E-state index in [1.807, 2.05) is 23.1 Å². The number of para-hydroxylation sites is 1. The Morgan fingerprint density at radius 1 is 1.32 bits per heavy atom. The van der Waals surface area contributed by atoms with Gasteiger partial charge >= 0.3 is 6.03 Å². The first-order chi connectivity index (χ1) is 10.8. The lowest BCUT2D eigenvalue weighted by molar-refractivity contribution is 0.180. The standard InChI is InChI=1S/C17H18N2O2S/c20-17(19-7-5-16-13(11-19)6-8-22-16)18-10-14-9-12-3-1-2-4-15(12)21-14/h1-4,6,8,14H,5,7,9-11H2,(H,18,20)/t14-/m1/s1. The molecule has 1 atom stereocenters. The van der Waals surface area contributed by atoms with Gasteiger partial charge in [-0.1, -0.05) is 18.2 Å². The van der Waals surface area contributed by atoms with Crippen LogP contribution >= 0.6 is 11.3 Å². The van der Waals surface area contributed by atoms with E-state index in [0.717, 1.165) is 31.7 Å². The fraction of sp³-hybridized carbons (Fsp3) is 0.353. The van der Waals surface area contributed by atoms with Crippen LogP contribution in [-0.4, -0.2) is 30.1 Å². The van der Waals surface area contributed by atoms with Gasteiger partial charge in [-0.2, -0.15) is 0 Å². The van der Waals surface area contributed by atoms with E-state index in [-0.39, 0.29) is 12.1 Å². The summed E-state index contributed by atoms with van der Waals surface area (Å²) in [6, 6.07) is 10.2. The van der Waals surface area contributed by atoms with Crippen LogP contribution in [0.3, 0.4) is 0 Å². The maximum absolute atomic E-state index is 12.3. The van der Waals surface area contributed by atoms with Crippen molar-refractivity contribution in [2.24, 2.45) is 0 Å². The molecule has 1 aromatic carbocycles. The lowest BCUT2D eigenvalue weighted by atomic mass is 10.1. The molecule has 2 amide bonds. The van der Waals surface area contributed by atoms with Crippen molar-refractivity contribution in [3.05, 3.63) is 51.7 Å². The Balaban J connectivity index is 1.31. The zero-order valence-corrected chi connectivity index (χ0v) is 13.1. The third-order valence-electron chi connectivity index (χ3n) is 4.29. The Hall–Kier alpha value is -2.01. The van der Waals surface area contributed by atoms with Crippen LogP contribution in [0.2, 0.25) is 0 Å². The smallest absolute Gasteiger partial charge is 0.317 e. The van der Waals surface area contributed by atoms with E-state index in [4.69, 9.17) is 4.74 Å². The number of urea groups is 1. The number of rotatable bonds is 2.